The molecule has 2 aromatic rings. The quantitative estimate of drug-likeness (QED) is 0.783. The Balaban J connectivity index is 1.33. The van der Waals surface area contributed by atoms with Crippen molar-refractivity contribution in [2.24, 2.45) is 5.41 Å². The second-order valence-electron chi connectivity index (χ2n) is 9.28. The fourth-order valence-electron chi connectivity index (χ4n) is 5.62. The van der Waals surface area contributed by atoms with Gasteiger partial charge in [-0.3, -0.25) is 9.78 Å². The van der Waals surface area contributed by atoms with Gasteiger partial charge < -0.3 is 14.9 Å². The van der Waals surface area contributed by atoms with Gasteiger partial charge in [0.05, 0.1) is 16.5 Å². The highest BCUT2D eigenvalue weighted by molar-refractivity contribution is 6.33. The summed E-state index contributed by atoms with van der Waals surface area (Å²) >= 11 is 6.67. The van der Waals surface area contributed by atoms with Crippen molar-refractivity contribution >= 4 is 23.3 Å². The molecule has 0 bridgehead atoms. The van der Waals surface area contributed by atoms with Crippen molar-refractivity contribution in [3.63, 3.8) is 0 Å². The van der Waals surface area contributed by atoms with Gasteiger partial charge in [0.25, 0.3) is 0 Å². The van der Waals surface area contributed by atoms with E-state index in [4.69, 9.17) is 16.6 Å². The lowest BCUT2D eigenvalue weighted by atomic mass is 9.78. The predicted molar refractivity (Wildman–Crippen MR) is 121 cm³/mol. The first kappa shape index (κ1) is 20.7. The van der Waals surface area contributed by atoms with E-state index in [0.717, 1.165) is 75.0 Å². The number of aliphatic hydroxyl groups excluding tert-OH is 1. The molecule has 4 heterocycles. The van der Waals surface area contributed by atoms with Gasteiger partial charge in [0.2, 0.25) is 5.91 Å². The molecule has 6 nitrogen and oxygen atoms in total. The molecule has 7 heteroatoms. The molecule has 1 atom stereocenters. The van der Waals surface area contributed by atoms with Crippen molar-refractivity contribution in [3.05, 3.63) is 41.8 Å². The van der Waals surface area contributed by atoms with Crippen LogP contribution in [0.25, 0.3) is 11.1 Å². The summed E-state index contributed by atoms with van der Waals surface area (Å²) < 4.78 is 0. The fourth-order valence-corrected chi connectivity index (χ4v) is 5.91. The molecular formula is C24H29ClN4O2. The van der Waals surface area contributed by atoms with Gasteiger partial charge in [-0.1, -0.05) is 11.6 Å². The Hall–Kier alpha value is -2.18. The van der Waals surface area contributed by atoms with Gasteiger partial charge in [-0.25, -0.2) is 4.98 Å². The van der Waals surface area contributed by atoms with Crippen molar-refractivity contribution in [3.8, 4) is 11.1 Å². The summed E-state index contributed by atoms with van der Waals surface area (Å²) in [6.07, 6.45) is 11.4. The van der Waals surface area contributed by atoms with Crippen LogP contribution in [-0.4, -0.2) is 57.7 Å². The Morgan fingerprint density at radius 2 is 1.84 bits per heavy atom. The van der Waals surface area contributed by atoms with Gasteiger partial charge in [0, 0.05) is 49.8 Å². The normalized spacial score (nSPS) is 29.0. The Kier molecular flexibility index (Phi) is 5.61. The zero-order valence-electron chi connectivity index (χ0n) is 17.7. The van der Waals surface area contributed by atoms with Crippen LogP contribution in [0.15, 0.2) is 36.8 Å². The minimum Gasteiger partial charge on any atom is -0.393 e. The summed E-state index contributed by atoms with van der Waals surface area (Å²) in [5, 5.41) is 10.4. The summed E-state index contributed by atoms with van der Waals surface area (Å²) in [6, 6.07) is 6.13. The first-order valence-corrected chi connectivity index (χ1v) is 11.7. The third-order valence-corrected chi connectivity index (χ3v) is 7.64. The third-order valence-electron chi connectivity index (χ3n) is 7.36. The maximum absolute atomic E-state index is 13.5. The molecule has 1 saturated carbocycles. The molecule has 1 spiro atoms. The highest BCUT2D eigenvalue weighted by Crippen LogP contribution is 2.44. The Morgan fingerprint density at radius 1 is 1.06 bits per heavy atom. The minimum absolute atomic E-state index is 0.198. The Morgan fingerprint density at radius 3 is 2.58 bits per heavy atom. The van der Waals surface area contributed by atoms with Crippen molar-refractivity contribution in [1.82, 2.24) is 14.9 Å². The molecule has 5 rings (SSSR count). The predicted octanol–water partition coefficient (Wildman–Crippen LogP) is 3.92. The first-order valence-electron chi connectivity index (χ1n) is 11.4. The van der Waals surface area contributed by atoms with Crippen LogP contribution in [0, 0.1) is 5.41 Å². The summed E-state index contributed by atoms with van der Waals surface area (Å²) in [4.78, 5) is 26.6. The molecule has 2 saturated heterocycles. The zero-order chi connectivity index (χ0) is 21.4. The first-order chi connectivity index (χ1) is 15.1. The lowest BCUT2D eigenvalue weighted by Crippen LogP contribution is -2.50. The van der Waals surface area contributed by atoms with Gasteiger partial charge in [0.15, 0.2) is 0 Å². The zero-order valence-corrected chi connectivity index (χ0v) is 18.5. The van der Waals surface area contributed by atoms with Crippen LogP contribution in [-0.2, 0) is 4.79 Å². The topological polar surface area (TPSA) is 69.6 Å². The van der Waals surface area contributed by atoms with E-state index in [1.54, 1.807) is 12.4 Å². The number of pyridine rings is 2. The Labute approximate surface area is 188 Å². The van der Waals surface area contributed by atoms with Crippen LogP contribution in [0.3, 0.4) is 0 Å². The molecule has 2 aliphatic heterocycles. The smallest absolute Gasteiger partial charge is 0.230 e. The van der Waals surface area contributed by atoms with E-state index in [9.17, 15) is 9.90 Å². The van der Waals surface area contributed by atoms with Crippen molar-refractivity contribution in [2.75, 3.05) is 24.5 Å². The standard InChI is InChI=1S/C24H29ClN4O2/c25-21-14-18(17-6-10-26-11-7-17)15-27-22(21)28-12-1-8-24(16-28)9-13-29(23(24)31)19-2-4-20(30)5-3-19/h6-7,10-11,14-15,19-20,30H,1-5,8-9,12-13,16H2/t19-,20-,24-/m0/s1. The maximum atomic E-state index is 13.5. The average molecular weight is 441 g/mol. The number of hydrogen-bond donors (Lipinski definition) is 1. The van der Waals surface area contributed by atoms with E-state index >= 15 is 0 Å². The SMILES string of the molecule is O=C1N([C@H]2CC[C@H](O)CC2)CC[C@]12CCCN(c1ncc(-c3ccncc3)cc1Cl)C2. The molecule has 3 aliphatic rings. The van der Waals surface area contributed by atoms with E-state index < -0.39 is 0 Å². The molecule has 164 valence electrons. The molecule has 2 aromatic heterocycles. The molecule has 3 fully saturated rings. The number of hydrogen-bond acceptors (Lipinski definition) is 5. The van der Waals surface area contributed by atoms with Crippen LogP contribution in [0.1, 0.15) is 44.9 Å². The summed E-state index contributed by atoms with van der Waals surface area (Å²) in [5.41, 5.74) is 1.67. The maximum Gasteiger partial charge on any atom is 0.230 e. The van der Waals surface area contributed by atoms with Crippen molar-refractivity contribution in [2.45, 2.75) is 57.1 Å². The van der Waals surface area contributed by atoms with Crippen molar-refractivity contribution in [1.29, 1.82) is 0 Å². The summed E-state index contributed by atoms with van der Waals surface area (Å²) in [7, 11) is 0. The van der Waals surface area contributed by atoms with Crippen molar-refractivity contribution < 1.29 is 9.90 Å². The second-order valence-corrected chi connectivity index (χ2v) is 9.69. The molecule has 1 amide bonds. The lowest BCUT2D eigenvalue weighted by molar-refractivity contribution is -0.139. The van der Waals surface area contributed by atoms with E-state index in [0.29, 0.717) is 17.5 Å². The van der Waals surface area contributed by atoms with Gasteiger partial charge in [-0.2, -0.15) is 0 Å². The third kappa shape index (κ3) is 3.92. The van der Waals surface area contributed by atoms with Crippen LogP contribution < -0.4 is 4.90 Å². The number of carbonyl (C=O) groups is 1. The van der Waals surface area contributed by atoms with E-state index in [1.165, 1.54) is 0 Å². The molecule has 0 unspecified atom stereocenters. The number of anilines is 1. The molecule has 31 heavy (non-hydrogen) atoms. The Bertz CT molecular complexity index is 948. The van der Waals surface area contributed by atoms with Crippen LogP contribution >= 0.6 is 11.6 Å². The molecule has 0 aromatic carbocycles. The van der Waals surface area contributed by atoms with Crippen LogP contribution in [0.2, 0.25) is 5.02 Å². The van der Waals surface area contributed by atoms with E-state index in [2.05, 4.69) is 14.8 Å². The van der Waals surface area contributed by atoms with Crippen LogP contribution in [0.4, 0.5) is 5.82 Å². The number of aromatic nitrogens is 2. The largest absolute Gasteiger partial charge is 0.393 e. The number of likely N-dealkylation sites (tertiary alicyclic amines) is 1. The van der Waals surface area contributed by atoms with Crippen LogP contribution in [0.5, 0.6) is 0 Å². The molecule has 0 radical (unpaired) electrons. The molecule has 1 aliphatic carbocycles. The van der Waals surface area contributed by atoms with Gasteiger partial charge in [-0.15, -0.1) is 0 Å². The van der Waals surface area contributed by atoms with E-state index in [1.807, 2.05) is 24.4 Å². The average Bonchev–Trinajstić information content (AvgIpc) is 3.10. The lowest BCUT2D eigenvalue weighted by Gasteiger charge is -2.41. The van der Waals surface area contributed by atoms with Gasteiger partial charge in [0.1, 0.15) is 5.82 Å². The number of rotatable bonds is 3. The number of carbonyl (C=O) groups excluding carboxylic acids is 1. The summed E-state index contributed by atoms with van der Waals surface area (Å²) in [5.74, 6) is 1.06. The number of aliphatic hydroxyl groups is 1. The summed E-state index contributed by atoms with van der Waals surface area (Å²) in [6.45, 7) is 2.38. The second kappa shape index (κ2) is 8.40. The molecular weight excluding hydrogens is 412 g/mol. The molecule has 1 N–H and O–H groups in total. The van der Waals surface area contributed by atoms with E-state index in [-0.39, 0.29) is 17.6 Å². The monoisotopic (exact) mass is 440 g/mol. The van der Waals surface area contributed by atoms with Gasteiger partial charge in [-0.05, 0) is 68.7 Å². The number of halogens is 1. The van der Waals surface area contributed by atoms with Gasteiger partial charge >= 0.3 is 0 Å². The number of amides is 1. The fraction of sp³-hybridized carbons (Fsp3) is 0.542. The minimum atomic E-state index is -0.330. The number of nitrogens with zero attached hydrogens (tertiary/aromatic N) is 4. The highest BCUT2D eigenvalue weighted by Gasteiger charge is 2.51. The number of piperidine rings is 1. The highest BCUT2D eigenvalue weighted by atomic mass is 35.5.